The Morgan fingerprint density at radius 3 is 2.32 bits per heavy atom. The van der Waals surface area contributed by atoms with E-state index in [4.69, 9.17) is 5.73 Å². The summed E-state index contributed by atoms with van der Waals surface area (Å²) in [7, 11) is 0. The molecular formula is C17H25N3O2. The molecule has 22 heavy (non-hydrogen) atoms. The molecule has 1 aliphatic rings. The predicted molar refractivity (Wildman–Crippen MR) is 86.7 cm³/mol. The van der Waals surface area contributed by atoms with E-state index in [1.54, 1.807) is 29.2 Å². The average molecular weight is 303 g/mol. The summed E-state index contributed by atoms with van der Waals surface area (Å²) in [4.78, 5) is 26.1. The minimum absolute atomic E-state index is 0.0189. The van der Waals surface area contributed by atoms with Crippen LogP contribution in [0.4, 0.5) is 0 Å². The van der Waals surface area contributed by atoms with Crippen molar-refractivity contribution in [2.24, 2.45) is 11.1 Å². The molecule has 0 unspecified atom stereocenters. The third kappa shape index (κ3) is 4.31. The maximum absolute atomic E-state index is 12.3. The lowest BCUT2D eigenvalue weighted by molar-refractivity contribution is 0.0790. The summed E-state index contributed by atoms with van der Waals surface area (Å²) in [5.74, 6) is -0.133. The molecule has 0 bridgehead atoms. The van der Waals surface area contributed by atoms with Crippen LogP contribution in [0.1, 0.15) is 47.9 Å². The van der Waals surface area contributed by atoms with Crippen molar-refractivity contribution in [2.45, 2.75) is 33.2 Å². The Kier molecular flexibility index (Phi) is 4.86. The molecule has 0 aliphatic carbocycles. The van der Waals surface area contributed by atoms with Crippen molar-refractivity contribution in [3.05, 3.63) is 35.4 Å². The van der Waals surface area contributed by atoms with Gasteiger partial charge in [0.2, 0.25) is 0 Å². The number of nitrogens with zero attached hydrogens (tertiary/aromatic N) is 1. The molecule has 1 aromatic carbocycles. The Labute approximate surface area is 131 Å². The zero-order chi connectivity index (χ0) is 16.3. The van der Waals surface area contributed by atoms with Gasteiger partial charge in [0.15, 0.2) is 0 Å². The van der Waals surface area contributed by atoms with Crippen LogP contribution in [0.5, 0.6) is 0 Å². The first-order valence-corrected chi connectivity index (χ1v) is 7.69. The van der Waals surface area contributed by atoms with Gasteiger partial charge in [-0.25, -0.2) is 0 Å². The summed E-state index contributed by atoms with van der Waals surface area (Å²) < 4.78 is 0. The highest BCUT2D eigenvalue weighted by Gasteiger charge is 2.24. The van der Waals surface area contributed by atoms with Crippen LogP contribution in [0, 0.1) is 5.41 Å². The number of carbonyl (C=O) groups excluding carboxylic acids is 2. The highest BCUT2D eigenvalue weighted by atomic mass is 16.2. The molecule has 2 rings (SSSR count). The Morgan fingerprint density at radius 1 is 1.23 bits per heavy atom. The first-order valence-electron chi connectivity index (χ1n) is 7.69. The van der Waals surface area contributed by atoms with Crippen molar-refractivity contribution in [3.63, 3.8) is 0 Å². The fraction of sp³-hybridized carbons (Fsp3) is 0.529. The van der Waals surface area contributed by atoms with Crippen molar-refractivity contribution < 1.29 is 9.59 Å². The highest BCUT2D eigenvalue weighted by Crippen LogP contribution is 2.14. The topological polar surface area (TPSA) is 75.4 Å². The smallest absolute Gasteiger partial charge is 0.253 e. The van der Waals surface area contributed by atoms with Gasteiger partial charge in [-0.15, -0.1) is 0 Å². The van der Waals surface area contributed by atoms with E-state index in [-0.39, 0.29) is 23.3 Å². The minimum Gasteiger partial charge on any atom is -0.352 e. The molecule has 0 spiro atoms. The molecule has 0 aromatic heterocycles. The Morgan fingerprint density at radius 2 is 1.82 bits per heavy atom. The third-order valence-electron chi connectivity index (χ3n) is 3.69. The normalized spacial score (nSPS) is 18.4. The van der Waals surface area contributed by atoms with Crippen LogP contribution in [-0.4, -0.2) is 42.4 Å². The van der Waals surface area contributed by atoms with Gasteiger partial charge in [-0.3, -0.25) is 9.59 Å². The number of hydrogen-bond donors (Lipinski definition) is 2. The second-order valence-electron chi connectivity index (χ2n) is 7.12. The van der Waals surface area contributed by atoms with Crippen molar-refractivity contribution in [3.8, 4) is 0 Å². The predicted octanol–water partition coefficient (Wildman–Crippen LogP) is 1.64. The second-order valence-corrected chi connectivity index (χ2v) is 7.12. The monoisotopic (exact) mass is 303 g/mol. The number of hydrogen-bond acceptors (Lipinski definition) is 3. The first kappa shape index (κ1) is 16.5. The van der Waals surface area contributed by atoms with Gasteiger partial charge in [0, 0.05) is 36.8 Å². The Hall–Kier alpha value is -1.88. The van der Waals surface area contributed by atoms with E-state index in [0.29, 0.717) is 30.8 Å². The second kappa shape index (κ2) is 6.48. The van der Waals surface area contributed by atoms with Crippen LogP contribution < -0.4 is 11.1 Å². The summed E-state index contributed by atoms with van der Waals surface area (Å²) in [6.07, 6.45) is 0.846. The maximum Gasteiger partial charge on any atom is 0.253 e. The van der Waals surface area contributed by atoms with Crippen molar-refractivity contribution in [2.75, 3.05) is 19.6 Å². The molecule has 5 heteroatoms. The van der Waals surface area contributed by atoms with Crippen LogP contribution in [0.3, 0.4) is 0 Å². The summed E-state index contributed by atoms with van der Waals surface area (Å²) in [5.41, 5.74) is 7.04. The van der Waals surface area contributed by atoms with E-state index in [2.05, 4.69) is 26.1 Å². The van der Waals surface area contributed by atoms with Crippen LogP contribution in [0.2, 0.25) is 0 Å². The number of nitrogens with two attached hydrogens (primary N) is 1. The van der Waals surface area contributed by atoms with Crippen LogP contribution in [0.15, 0.2) is 24.3 Å². The van der Waals surface area contributed by atoms with E-state index < -0.39 is 0 Å². The molecular weight excluding hydrogens is 278 g/mol. The molecule has 120 valence electrons. The average Bonchev–Trinajstić information content (AvgIpc) is 2.90. The van der Waals surface area contributed by atoms with Crippen LogP contribution in [0.25, 0.3) is 0 Å². The first-order chi connectivity index (χ1) is 10.3. The number of carbonyl (C=O) groups is 2. The zero-order valence-electron chi connectivity index (χ0n) is 13.6. The zero-order valence-corrected chi connectivity index (χ0v) is 13.6. The standard InChI is InChI=1S/C17H25N3O2/c1-17(2,3)11-19-15(21)12-4-6-13(7-5-12)16(22)20-9-8-14(18)10-20/h4-7,14H,8-11,18H2,1-3H3,(H,19,21)/t14-/m1/s1. The van der Waals surface area contributed by atoms with Gasteiger partial charge >= 0.3 is 0 Å². The molecule has 3 N–H and O–H groups in total. The van der Waals surface area contributed by atoms with Gasteiger partial charge in [0.25, 0.3) is 11.8 Å². The molecule has 5 nitrogen and oxygen atoms in total. The molecule has 1 aromatic rings. The van der Waals surface area contributed by atoms with Crippen molar-refractivity contribution in [1.29, 1.82) is 0 Å². The third-order valence-corrected chi connectivity index (χ3v) is 3.69. The van der Waals surface area contributed by atoms with Gasteiger partial charge in [0.05, 0.1) is 0 Å². The number of amides is 2. The van der Waals surface area contributed by atoms with Gasteiger partial charge in [-0.1, -0.05) is 20.8 Å². The van der Waals surface area contributed by atoms with E-state index in [9.17, 15) is 9.59 Å². The number of likely N-dealkylation sites (tertiary alicyclic amines) is 1. The highest BCUT2D eigenvalue weighted by molar-refractivity contribution is 5.97. The van der Waals surface area contributed by atoms with E-state index in [1.807, 2.05) is 0 Å². The van der Waals surface area contributed by atoms with Gasteiger partial charge < -0.3 is 16.0 Å². The molecule has 0 radical (unpaired) electrons. The van der Waals surface area contributed by atoms with E-state index in [0.717, 1.165) is 6.42 Å². The molecule has 1 aliphatic heterocycles. The molecule has 1 heterocycles. The number of nitrogens with one attached hydrogen (secondary N) is 1. The Balaban J connectivity index is 1.98. The summed E-state index contributed by atoms with van der Waals surface area (Å²) in [6, 6.07) is 6.88. The fourth-order valence-corrected chi connectivity index (χ4v) is 2.37. The Bertz CT molecular complexity index is 546. The van der Waals surface area contributed by atoms with E-state index in [1.165, 1.54) is 0 Å². The summed E-state index contributed by atoms with van der Waals surface area (Å²) >= 11 is 0. The fourth-order valence-electron chi connectivity index (χ4n) is 2.37. The SMILES string of the molecule is CC(C)(C)CNC(=O)c1ccc(C(=O)N2CC[C@@H](N)C2)cc1. The van der Waals surface area contributed by atoms with Crippen molar-refractivity contribution >= 4 is 11.8 Å². The molecule has 2 amide bonds. The van der Waals surface area contributed by atoms with Gasteiger partial charge in [-0.2, -0.15) is 0 Å². The van der Waals surface area contributed by atoms with Gasteiger partial charge in [-0.05, 0) is 36.1 Å². The lowest BCUT2D eigenvalue weighted by atomic mass is 9.97. The maximum atomic E-state index is 12.3. The van der Waals surface area contributed by atoms with E-state index >= 15 is 0 Å². The minimum atomic E-state index is -0.114. The van der Waals surface area contributed by atoms with Crippen LogP contribution in [-0.2, 0) is 0 Å². The lowest BCUT2D eigenvalue weighted by Crippen LogP contribution is -2.33. The summed E-state index contributed by atoms with van der Waals surface area (Å²) in [5, 5.41) is 2.90. The molecule has 0 saturated carbocycles. The van der Waals surface area contributed by atoms with Gasteiger partial charge in [0.1, 0.15) is 0 Å². The molecule has 1 atom stereocenters. The summed E-state index contributed by atoms with van der Waals surface area (Å²) in [6.45, 7) is 8.11. The molecule has 1 saturated heterocycles. The van der Waals surface area contributed by atoms with Crippen molar-refractivity contribution in [1.82, 2.24) is 10.2 Å². The quantitative estimate of drug-likeness (QED) is 0.891. The largest absolute Gasteiger partial charge is 0.352 e. The lowest BCUT2D eigenvalue weighted by Gasteiger charge is -2.19. The molecule has 1 fully saturated rings. The number of benzene rings is 1. The number of rotatable bonds is 3. The van der Waals surface area contributed by atoms with Crippen LogP contribution >= 0.6 is 0 Å².